The zero-order chi connectivity index (χ0) is 69.7. The first-order chi connectivity index (χ1) is 50.3. The van der Waals surface area contributed by atoms with Gasteiger partial charge in [0.2, 0.25) is 0 Å². The van der Waals surface area contributed by atoms with Gasteiger partial charge in [0.05, 0.1) is 11.4 Å². The average Bonchev–Trinajstić information content (AvgIpc) is 0.789. The largest absolute Gasteiger partial charge is 0.310 e. The molecule has 0 aliphatic rings. The summed E-state index contributed by atoms with van der Waals surface area (Å²) in [5.74, 6) is 0. The van der Waals surface area contributed by atoms with Crippen molar-refractivity contribution in [3.8, 4) is 0 Å². The van der Waals surface area contributed by atoms with Crippen LogP contribution in [0.5, 0.6) is 0 Å². The predicted octanol–water partition coefficient (Wildman–Crippen LogP) is 27.3. The zero-order valence-corrected chi connectivity index (χ0v) is 58.6. The molecule has 0 N–H and O–H groups in total. The molecule has 0 saturated heterocycles. The van der Waals surface area contributed by atoms with Gasteiger partial charge in [-0.1, -0.05) is 378 Å². The summed E-state index contributed by atoms with van der Waals surface area (Å²) >= 11 is 0. The number of rotatable bonds is 24. The first-order valence-electron chi connectivity index (χ1n) is 35.5. The fraction of sp³-hybridized carbons (Fsp3) is 0.0600. The molecular weight excluding hydrogens is 1230 g/mol. The van der Waals surface area contributed by atoms with E-state index in [4.69, 9.17) is 0 Å². The lowest BCUT2D eigenvalue weighted by molar-refractivity contribution is 1.10. The van der Waals surface area contributed by atoms with Crippen molar-refractivity contribution in [3.05, 3.63) is 452 Å². The maximum Gasteiger partial charge on any atom is 0.0522 e. The number of benzene rings is 13. The summed E-state index contributed by atoms with van der Waals surface area (Å²) in [5.41, 5.74) is 30.7. The Hall–Kier alpha value is -12.6. The first-order valence-corrected chi connectivity index (χ1v) is 35.5. The molecule has 494 valence electrons. The van der Waals surface area contributed by atoms with Gasteiger partial charge in [-0.2, -0.15) is 0 Å². The maximum absolute atomic E-state index is 2.41. The van der Waals surface area contributed by atoms with Crippen LogP contribution in [0.3, 0.4) is 0 Å². The van der Waals surface area contributed by atoms with E-state index in [0.717, 1.165) is 91.2 Å². The van der Waals surface area contributed by atoms with Gasteiger partial charge >= 0.3 is 0 Å². The third kappa shape index (κ3) is 17.4. The Balaban J connectivity index is 0.643. The Morgan fingerprint density at radius 3 is 0.647 bits per heavy atom. The highest BCUT2D eigenvalue weighted by atomic mass is 15.2. The smallest absolute Gasteiger partial charge is 0.0522 e. The fourth-order valence-electron chi connectivity index (χ4n) is 13.0. The summed E-state index contributed by atoms with van der Waals surface area (Å²) in [5, 5.41) is 0. The van der Waals surface area contributed by atoms with E-state index in [1.54, 1.807) is 0 Å². The van der Waals surface area contributed by atoms with Crippen LogP contribution in [-0.2, 0) is 12.8 Å². The summed E-state index contributed by atoms with van der Waals surface area (Å²) in [4.78, 5) is 4.82. The molecule has 13 aromatic carbocycles. The van der Waals surface area contributed by atoms with Crippen LogP contribution in [0, 0.1) is 13.8 Å². The lowest BCUT2D eigenvalue weighted by Crippen LogP contribution is -2.13. The molecule has 0 spiro atoms. The molecule has 0 aliphatic carbocycles. The molecule has 2 nitrogen and oxygen atoms in total. The van der Waals surface area contributed by atoms with E-state index in [-0.39, 0.29) is 0 Å². The van der Waals surface area contributed by atoms with Gasteiger partial charge in [0, 0.05) is 22.7 Å². The summed E-state index contributed by atoms with van der Waals surface area (Å²) < 4.78 is 0. The SMILES string of the molecule is CCc1cccc(C)c1N(c1ccc(C=Cc2ccc(C=CC=C(c3ccccc3)c3ccccc3)cc2)cc1)c1ccc(C=Cc2ccc(/C=C/c3ccc(N(c4ccc(/C=C/c5ccc(/C=C/C=C(c6ccccc6)c6ccccc6)cc5)cc4)c4c(C)cccc4CC)cc3)cc2)cc1. The maximum atomic E-state index is 2.41. The molecule has 0 heterocycles. The minimum Gasteiger partial charge on any atom is -0.310 e. The van der Waals surface area contributed by atoms with Crippen LogP contribution in [0.25, 0.3) is 71.9 Å². The molecule has 0 aliphatic heterocycles. The predicted molar refractivity (Wildman–Crippen MR) is 444 cm³/mol. The number of aryl methyl sites for hydroxylation is 4. The second-order valence-electron chi connectivity index (χ2n) is 25.6. The number of allylic oxidation sites excluding steroid dienone is 4. The fourth-order valence-corrected chi connectivity index (χ4v) is 13.0. The van der Waals surface area contributed by atoms with Crippen molar-refractivity contribution < 1.29 is 0 Å². The second-order valence-corrected chi connectivity index (χ2v) is 25.6. The van der Waals surface area contributed by atoms with Crippen molar-refractivity contribution in [2.24, 2.45) is 0 Å². The molecule has 13 rings (SSSR count). The molecule has 13 aromatic rings. The summed E-state index contributed by atoms with van der Waals surface area (Å²) in [6.07, 6.45) is 32.5. The standard InChI is InChI=1S/C100H84N2/c1-5-87-35-19-23-75(3)99(87)101(93-67-59-83(60-68-93)55-51-79-43-39-77(40-44-79)25-21-37-97(89-27-11-7-12-28-89)90-29-13-8-14-30-90)95-71-63-85(64-72-95)57-53-81-47-49-82(50-48-81)54-58-86-65-73-96(74-66-86)102(100-76(4)24-20-36-88(100)6-2)94-69-61-84(62-70-94)56-52-80-45-41-78(42-46-80)26-22-38-98(91-31-15-9-16-32-91)92-33-17-10-18-34-92/h7-74H,5-6H2,1-4H3/b25-21+,26-22?,55-51+,56-52?,57-53+,58-54?. The van der Waals surface area contributed by atoms with Crippen LogP contribution in [0.1, 0.15) is 114 Å². The van der Waals surface area contributed by atoms with Crippen LogP contribution in [0.4, 0.5) is 34.1 Å². The topological polar surface area (TPSA) is 6.48 Å². The van der Waals surface area contributed by atoms with Crippen molar-refractivity contribution in [3.63, 3.8) is 0 Å². The highest BCUT2D eigenvalue weighted by Gasteiger charge is 2.20. The Bertz CT molecular complexity index is 4720. The van der Waals surface area contributed by atoms with Crippen molar-refractivity contribution in [1.29, 1.82) is 0 Å². The van der Waals surface area contributed by atoms with Crippen LogP contribution in [0.15, 0.2) is 352 Å². The number of para-hydroxylation sites is 2. The van der Waals surface area contributed by atoms with Gasteiger partial charge in [-0.05, 0) is 187 Å². The van der Waals surface area contributed by atoms with Crippen LogP contribution >= 0.6 is 0 Å². The molecule has 0 fully saturated rings. The number of hydrogen-bond acceptors (Lipinski definition) is 2. The van der Waals surface area contributed by atoms with E-state index < -0.39 is 0 Å². The molecule has 102 heavy (non-hydrogen) atoms. The zero-order valence-electron chi connectivity index (χ0n) is 58.6. The summed E-state index contributed by atoms with van der Waals surface area (Å²) in [6, 6.07) is 117. The van der Waals surface area contributed by atoms with E-state index in [9.17, 15) is 0 Å². The van der Waals surface area contributed by atoms with E-state index >= 15 is 0 Å². The Labute approximate surface area is 604 Å². The first kappa shape index (κ1) is 67.9. The Morgan fingerprint density at radius 1 is 0.225 bits per heavy atom. The molecule has 0 saturated carbocycles. The third-order valence-electron chi connectivity index (χ3n) is 18.6. The molecule has 2 heteroatoms. The van der Waals surface area contributed by atoms with Crippen molar-refractivity contribution in [1.82, 2.24) is 0 Å². The number of nitrogens with zero attached hydrogens (tertiary/aromatic N) is 2. The molecule has 0 amide bonds. The van der Waals surface area contributed by atoms with Gasteiger partial charge in [0.25, 0.3) is 0 Å². The van der Waals surface area contributed by atoms with Crippen molar-refractivity contribution >= 4 is 106 Å². The van der Waals surface area contributed by atoms with Gasteiger partial charge in [-0.15, -0.1) is 0 Å². The molecule has 0 bridgehead atoms. The minimum absolute atomic E-state index is 0.929. The average molecular weight is 1310 g/mol. The van der Waals surface area contributed by atoms with Gasteiger partial charge in [-0.25, -0.2) is 0 Å². The van der Waals surface area contributed by atoms with E-state index in [1.807, 2.05) is 0 Å². The quantitative estimate of drug-likeness (QED) is 0.0439. The lowest BCUT2D eigenvalue weighted by atomic mass is 9.97. The monoisotopic (exact) mass is 1310 g/mol. The van der Waals surface area contributed by atoms with E-state index in [2.05, 4.69) is 450 Å². The molecule has 0 aromatic heterocycles. The van der Waals surface area contributed by atoms with Crippen molar-refractivity contribution in [2.45, 2.75) is 40.5 Å². The van der Waals surface area contributed by atoms with Crippen molar-refractivity contribution in [2.75, 3.05) is 9.80 Å². The normalized spacial score (nSPS) is 11.6. The lowest BCUT2D eigenvalue weighted by Gasteiger charge is -2.29. The summed E-state index contributed by atoms with van der Waals surface area (Å²) in [7, 11) is 0. The van der Waals surface area contributed by atoms with E-state index in [1.165, 1.54) is 67.0 Å². The van der Waals surface area contributed by atoms with Crippen LogP contribution < -0.4 is 9.80 Å². The highest BCUT2D eigenvalue weighted by Crippen LogP contribution is 2.42. The van der Waals surface area contributed by atoms with Gasteiger partial charge in [0.1, 0.15) is 0 Å². The Morgan fingerprint density at radius 2 is 0.431 bits per heavy atom. The molecular formula is C100H84N2. The Kier molecular flexibility index (Phi) is 22.5. The molecule has 0 atom stereocenters. The van der Waals surface area contributed by atoms with Crippen LogP contribution in [-0.4, -0.2) is 0 Å². The van der Waals surface area contributed by atoms with Gasteiger partial charge in [0.15, 0.2) is 0 Å². The summed E-state index contributed by atoms with van der Waals surface area (Å²) in [6.45, 7) is 8.92. The number of anilines is 6. The van der Waals surface area contributed by atoms with Crippen LogP contribution in [0.2, 0.25) is 0 Å². The number of hydrogen-bond donors (Lipinski definition) is 0. The molecule has 0 unspecified atom stereocenters. The second kappa shape index (κ2) is 33.8. The highest BCUT2D eigenvalue weighted by molar-refractivity contribution is 5.87. The molecule has 0 radical (unpaired) electrons. The van der Waals surface area contributed by atoms with E-state index in [0.29, 0.717) is 0 Å². The van der Waals surface area contributed by atoms with Gasteiger partial charge < -0.3 is 9.80 Å². The van der Waals surface area contributed by atoms with Gasteiger partial charge in [-0.3, -0.25) is 0 Å². The minimum atomic E-state index is 0.929. The third-order valence-corrected chi connectivity index (χ3v) is 18.6.